The fourth-order valence-electron chi connectivity index (χ4n) is 1.59. The van der Waals surface area contributed by atoms with Crippen molar-refractivity contribution >= 4 is 34.8 Å². The molecule has 0 bridgehead atoms. The van der Waals surface area contributed by atoms with Crippen LogP contribution in [0.2, 0.25) is 10.0 Å². The molecule has 2 aromatic rings. The number of hydrogen-bond donors (Lipinski definition) is 0. The Morgan fingerprint density at radius 3 is 2.18 bits per heavy atom. The number of rotatable bonds is 2. The molecule has 2 aromatic carbocycles. The normalized spacial score (nSPS) is 10.6. The van der Waals surface area contributed by atoms with Crippen molar-refractivity contribution in [3.8, 4) is 11.1 Å². The van der Waals surface area contributed by atoms with Crippen molar-refractivity contribution < 1.29 is 4.39 Å². The van der Waals surface area contributed by atoms with E-state index in [4.69, 9.17) is 34.8 Å². The van der Waals surface area contributed by atoms with Crippen LogP contribution in [-0.2, 0) is 5.88 Å². The molecule has 0 saturated carbocycles. The lowest BCUT2D eigenvalue weighted by molar-refractivity contribution is 0.631. The van der Waals surface area contributed by atoms with Crippen LogP contribution in [0.5, 0.6) is 0 Å². The number of hydrogen-bond acceptors (Lipinski definition) is 0. The lowest BCUT2D eigenvalue weighted by Crippen LogP contribution is -1.87. The van der Waals surface area contributed by atoms with Crippen molar-refractivity contribution in [3.05, 3.63) is 57.8 Å². The zero-order valence-electron chi connectivity index (χ0n) is 8.68. The van der Waals surface area contributed by atoms with Gasteiger partial charge in [-0.15, -0.1) is 11.6 Å². The minimum Gasteiger partial charge on any atom is -0.206 e. The molecule has 0 unspecified atom stereocenters. The number of alkyl halides is 1. The maximum Gasteiger partial charge on any atom is 0.131 e. The van der Waals surface area contributed by atoms with Gasteiger partial charge in [0.1, 0.15) is 5.82 Å². The van der Waals surface area contributed by atoms with Gasteiger partial charge >= 0.3 is 0 Å². The molecule has 0 atom stereocenters. The first-order chi connectivity index (χ1) is 8.10. The average Bonchev–Trinajstić information content (AvgIpc) is 2.28. The van der Waals surface area contributed by atoms with Crippen LogP contribution in [0.4, 0.5) is 4.39 Å². The van der Waals surface area contributed by atoms with Gasteiger partial charge < -0.3 is 0 Å². The van der Waals surface area contributed by atoms with Crippen molar-refractivity contribution in [2.75, 3.05) is 0 Å². The van der Waals surface area contributed by atoms with E-state index in [1.807, 2.05) is 0 Å². The van der Waals surface area contributed by atoms with Crippen molar-refractivity contribution in [2.45, 2.75) is 5.88 Å². The summed E-state index contributed by atoms with van der Waals surface area (Å²) in [4.78, 5) is 0. The van der Waals surface area contributed by atoms with Gasteiger partial charge in [0.25, 0.3) is 0 Å². The number of halogens is 4. The van der Waals surface area contributed by atoms with E-state index in [-0.39, 0.29) is 5.82 Å². The average molecular weight is 290 g/mol. The molecule has 0 spiro atoms. The summed E-state index contributed by atoms with van der Waals surface area (Å²) < 4.78 is 13.7. The van der Waals surface area contributed by atoms with Gasteiger partial charge in [0.2, 0.25) is 0 Å². The lowest BCUT2D eigenvalue weighted by atomic mass is 10.0. The van der Waals surface area contributed by atoms with Crippen LogP contribution in [0.25, 0.3) is 11.1 Å². The van der Waals surface area contributed by atoms with Crippen molar-refractivity contribution in [1.29, 1.82) is 0 Å². The maximum atomic E-state index is 13.7. The zero-order valence-corrected chi connectivity index (χ0v) is 11.0. The van der Waals surface area contributed by atoms with Crippen molar-refractivity contribution in [1.82, 2.24) is 0 Å². The lowest BCUT2D eigenvalue weighted by Gasteiger charge is -2.07. The van der Waals surface area contributed by atoms with E-state index in [0.29, 0.717) is 27.1 Å². The highest BCUT2D eigenvalue weighted by Gasteiger charge is 2.08. The van der Waals surface area contributed by atoms with E-state index in [9.17, 15) is 4.39 Å². The molecule has 0 amide bonds. The Kier molecular flexibility index (Phi) is 3.93. The third kappa shape index (κ3) is 2.92. The highest BCUT2D eigenvalue weighted by Crippen LogP contribution is 2.29. The predicted molar refractivity (Wildman–Crippen MR) is 71.4 cm³/mol. The Hall–Kier alpha value is -0.760. The number of benzene rings is 2. The zero-order chi connectivity index (χ0) is 12.4. The fourth-order valence-corrected chi connectivity index (χ4v) is 2.28. The first kappa shape index (κ1) is 12.7. The SMILES string of the molecule is Fc1ccc(CCl)cc1-c1cc(Cl)cc(Cl)c1. The monoisotopic (exact) mass is 288 g/mol. The summed E-state index contributed by atoms with van der Waals surface area (Å²) in [6.07, 6.45) is 0. The van der Waals surface area contributed by atoms with Crippen LogP contribution in [-0.4, -0.2) is 0 Å². The summed E-state index contributed by atoms with van der Waals surface area (Å²) in [5.41, 5.74) is 1.94. The Bertz CT molecular complexity index is 532. The molecular weight excluding hydrogens is 282 g/mol. The molecule has 0 nitrogen and oxygen atoms in total. The third-order valence-electron chi connectivity index (χ3n) is 2.36. The Morgan fingerprint density at radius 2 is 1.59 bits per heavy atom. The third-order valence-corrected chi connectivity index (χ3v) is 3.10. The largest absolute Gasteiger partial charge is 0.206 e. The summed E-state index contributed by atoms with van der Waals surface area (Å²) in [5, 5.41) is 0.950. The molecule has 2 rings (SSSR count). The fraction of sp³-hybridized carbons (Fsp3) is 0.0769. The first-order valence-corrected chi connectivity index (χ1v) is 6.20. The Morgan fingerprint density at radius 1 is 0.941 bits per heavy atom. The van der Waals surface area contributed by atoms with Gasteiger partial charge in [0.05, 0.1) is 0 Å². The van der Waals surface area contributed by atoms with E-state index in [1.165, 1.54) is 6.07 Å². The Balaban J connectivity index is 2.58. The van der Waals surface area contributed by atoms with Crippen LogP contribution < -0.4 is 0 Å². The van der Waals surface area contributed by atoms with Crippen LogP contribution in [0, 0.1) is 5.82 Å². The van der Waals surface area contributed by atoms with Gasteiger partial charge in [-0.25, -0.2) is 4.39 Å². The van der Waals surface area contributed by atoms with Gasteiger partial charge in [-0.2, -0.15) is 0 Å². The van der Waals surface area contributed by atoms with E-state index in [2.05, 4.69) is 0 Å². The molecule has 88 valence electrons. The summed E-state index contributed by atoms with van der Waals surface area (Å²) in [5.74, 6) is 0.0129. The highest BCUT2D eigenvalue weighted by molar-refractivity contribution is 6.35. The highest BCUT2D eigenvalue weighted by atomic mass is 35.5. The molecule has 0 aliphatic heterocycles. The molecule has 0 aliphatic rings. The minimum absolute atomic E-state index is 0.322. The molecule has 0 aliphatic carbocycles. The standard InChI is InChI=1S/C13H8Cl3F/c14-7-8-1-2-13(17)12(3-8)9-4-10(15)6-11(16)5-9/h1-6H,7H2. The van der Waals surface area contributed by atoms with Gasteiger partial charge in [-0.3, -0.25) is 0 Å². The summed E-state index contributed by atoms with van der Waals surface area (Å²) in [6, 6.07) is 9.69. The van der Waals surface area contributed by atoms with Gasteiger partial charge in [0.15, 0.2) is 0 Å². The topological polar surface area (TPSA) is 0 Å². The summed E-state index contributed by atoms with van der Waals surface area (Å²) in [7, 11) is 0. The summed E-state index contributed by atoms with van der Waals surface area (Å²) >= 11 is 17.5. The van der Waals surface area contributed by atoms with Crippen LogP contribution >= 0.6 is 34.8 Å². The van der Waals surface area contributed by atoms with Crippen LogP contribution in [0.1, 0.15) is 5.56 Å². The van der Waals surface area contributed by atoms with Crippen molar-refractivity contribution in [2.24, 2.45) is 0 Å². The molecule has 0 N–H and O–H groups in total. The van der Waals surface area contributed by atoms with E-state index >= 15 is 0 Å². The quantitative estimate of drug-likeness (QED) is 0.637. The van der Waals surface area contributed by atoms with Crippen molar-refractivity contribution in [3.63, 3.8) is 0 Å². The van der Waals surface area contributed by atoms with Gasteiger partial charge in [-0.05, 0) is 41.5 Å². The maximum absolute atomic E-state index is 13.7. The van der Waals surface area contributed by atoms with Crippen LogP contribution in [0.15, 0.2) is 36.4 Å². The second-order valence-electron chi connectivity index (χ2n) is 3.61. The second kappa shape index (κ2) is 5.26. The molecule has 4 heteroatoms. The molecule has 17 heavy (non-hydrogen) atoms. The molecule has 0 fully saturated rings. The summed E-state index contributed by atoms with van der Waals surface area (Å²) in [6.45, 7) is 0. The second-order valence-corrected chi connectivity index (χ2v) is 4.75. The smallest absolute Gasteiger partial charge is 0.131 e. The Labute approximate surface area is 114 Å². The molecule has 0 saturated heterocycles. The molecule has 0 radical (unpaired) electrons. The van der Waals surface area contributed by atoms with Gasteiger partial charge in [-0.1, -0.05) is 29.3 Å². The van der Waals surface area contributed by atoms with E-state index in [1.54, 1.807) is 30.3 Å². The molecule has 0 heterocycles. The predicted octanol–water partition coefficient (Wildman–Crippen LogP) is 5.54. The molecular formula is C13H8Cl3F. The van der Waals surface area contributed by atoms with Gasteiger partial charge in [0, 0.05) is 21.5 Å². The van der Waals surface area contributed by atoms with Crippen LogP contribution in [0.3, 0.4) is 0 Å². The minimum atomic E-state index is -0.322. The molecule has 0 aromatic heterocycles. The first-order valence-electron chi connectivity index (χ1n) is 4.91. The van der Waals surface area contributed by atoms with E-state index in [0.717, 1.165) is 5.56 Å². The van der Waals surface area contributed by atoms with E-state index < -0.39 is 0 Å².